The Morgan fingerprint density at radius 3 is 1.03 bits per heavy atom. The van der Waals surface area contributed by atoms with Gasteiger partial charge in [0.15, 0.2) is 0 Å². The maximum absolute atomic E-state index is 4.30. The van der Waals surface area contributed by atoms with E-state index in [0.29, 0.717) is 0 Å². The molecule has 0 aliphatic rings. The van der Waals surface area contributed by atoms with Crippen molar-refractivity contribution < 1.29 is 0 Å². The van der Waals surface area contributed by atoms with Crippen molar-refractivity contribution in [2.45, 2.75) is 0 Å². The fraction of sp³-hybridized carbons (Fsp3) is 0. The fourth-order valence-corrected chi connectivity index (χ4v) is 14.4. The second-order valence-electron chi connectivity index (χ2n) is 7.62. The number of hydrogen-bond donors (Lipinski definition) is 1. The van der Waals surface area contributed by atoms with Crippen LogP contribution >= 0.6 is 0 Å². The molecule has 0 saturated carbocycles. The molecule has 0 unspecified atom stereocenters. The van der Waals surface area contributed by atoms with Crippen molar-refractivity contribution >= 4 is 37.2 Å². The van der Waals surface area contributed by atoms with Gasteiger partial charge >= 0.3 is 0 Å². The summed E-state index contributed by atoms with van der Waals surface area (Å²) in [4.78, 5) is 0. The van der Waals surface area contributed by atoms with Gasteiger partial charge in [0.2, 0.25) is 16.5 Å². The highest BCUT2D eigenvalue weighted by Crippen LogP contribution is 2.12. The van der Waals surface area contributed by atoms with Crippen LogP contribution in [0.5, 0.6) is 0 Å². The SMILES string of the molecule is C=C[Si](C=C)(N[Si](c1ccccc1)(c1ccccc1)c1ccccc1)c1ccccc1. The van der Waals surface area contributed by atoms with E-state index in [4.69, 9.17) is 0 Å². The van der Waals surface area contributed by atoms with E-state index in [2.05, 4.69) is 151 Å². The number of benzene rings is 4. The Bertz CT molecular complexity index is 1020. The molecule has 0 atom stereocenters. The molecule has 0 amide bonds. The molecule has 0 bridgehead atoms. The lowest BCUT2D eigenvalue weighted by Gasteiger charge is -2.41. The first-order valence-electron chi connectivity index (χ1n) is 10.5. The molecule has 0 saturated heterocycles. The van der Waals surface area contributed by atoms with Gasteiger partial charge in [0.1, 0.15) is 0 Å². The zero-order valence-corrected chi connectivity index (χ0v) is 19.6. The molecule has 0 aromatic heterocycles. The summed E-state index contributed by atoms with van der Waals surface area (Å²) in [7, 11) is -5.08. The van der Waals surface area contributed by atoms with E-state index in [9.17, 15) is 0 Å². The van der Waals surface area contributed by atoms with Gasteiger partial charge < -0.3 is 4.65 Å². The Balaban J connectivity index is 2.05. The highest BCUT2D eigenvalue weighted by atomic mass is 28.4. The molecule has 0 aliphatic carbocycles. The van der Waals surface area contributed by atoms with Gasteiger partial charge in [0.25, 0.3) is 0 Å². The van der Waals surface area contributed by atoms with E-state index in [1.165, 1.54) is 20.7 Å². The van der Waals surface area contributed by atoms with Crippen LogP contribution in [-0.2, 0) is 0 Å². The standard InChI is InChI=1S/C28H27NSi2/c1-3-30(4-2,25-17-9-5-10-18-25)29-31(26-19-11-6-12-20-26,27-21-13-7-14-22-27)28-23-15-8-16-24-28/h3-24,29H,1-2H2. The molecule has 4 aromatic rings. The molecule has 31 heavy (non-hydrogen) atoms. The van der Waals surface area contributed by atoms with Gasteiger partial charge in [-0.1, -0.05) is 133 Å². The number of nitrogens with one attached hydrogen (secondary N) is 1. The van der Waals surface area contributed by atoms with Crippen LogP contribution in [0.3, 0.4) is 0 Å². The topological polar surface area (TPSA) is 12.0 Å². The summed E-state index contributed by atoms with van der Waals surface area (Å²) < 4.78 is 4.29. The lowest BCUT2D eigenvalue weighted by atomic mass is 10.3. The zero-order chi connectivity index (χ0) is 21.6. The minimum atomic E-state index is -2.61. The first-order chi connectivity index (χ1) is 15.2. The predicted molar refractivity (Wildman–Crippen MR) is 139 cm³/mol. The Morgan fingerprint density at radius 1 is 0.452 bits per heavy atom. The summed E-state index contributed by atoms with van der Waals surface area (Å²) in [5.41, 5.74) is 4.23. The second-order valence-corrected chi connectivity index (χ2v) is 15.0. The first kappa shape index (κ1) is 21.0. The summed E-state index contributed by atoms with van der Waals surface area (Å²) in [5, 5.41) is 5.23. The van der Waals surface area contributed by atoms with Crippen molar-refractivity contribution in [3.8, 4) is 0 Å². The molecule has 3 heteroatoms. The normalized spacial score (nSPS) is 11.6. The van der Waals surface area contributed by atoms with Crippen LogP contribution in [0.4, 0.5) is 0 Å². The van der Waals surface area contributed by atoms with E-state index in [-0.39, 0.29) is 0 Å². The fourth-order valence-electron chi connectivity index (χ4n) is 4.30. The molecule has 0 radical (unpaired) electrons. The average Bonchev–Trinajstić information content (AvgIpc) is 2.87. The summed E-state index contributed by atoms with van der Waals surface area (Å²) in [6.07, 6.45) is 0. The van der Waals surface area contributed by atoms with E-state index in [1.54, 1.807) is 0 Å². The minimum Gasteiger partial charge on any atom is -0.339 e. The Morgan fingerprint density at radius 2 is 0.742 bits per heavy atom. The molecule has 0 heterocycles. The van der Waals surface area contributed by atoms with Gasteiger partial charge in [-0.15, -0.1) is 13.2 Å². The zero-order valence-electron chi connectivity index (χ0n) is 17.6. The third kappa shape index (κ3) is 3.91. The molecule has 0 spiro atoms. The van der Waals surface area contributed by atoms with Gasteiger partial charge in [-0.2, -0.15) is 0 Å². The third-order valence-electron chi connectivity index (χ3n) is 5.91. The molecule has 0 fully saturated rings. The van der Waals surface area contributed by atoms with E-state index >= 15 is 0 Å². The minimum absolute atomic E-state index is 1.26. The summed E-state index contributed by atoms with van der Waals surface area (Å²) in [6, 6.07) is 43.3. The quantitative estimate of drug-likeness (QED) is 0.331. The van der Waals surface area contributed by atoms with Crippen molar-refractivity contribution in [1.29, 1.82) is 0 Å². The molecule has 0 aliphatic heterocycles. The Kier molecular flexibility index (Phi) is 6.28. The van der Waals surface area contributed by atoms with Gasteiger partial charge in [-0.3, -0.25) is 0 Å². The van der Waals surface area contributed by atoms with E-state index < -0.39 is 16.5 Å². The number of rotatable bonds is 8. The van der Waals surface area contributed by atoms with Crippen LogP contribution in [0.15, 0.2) is 146 Å². The highest BCUT2D eigenvalue weighted by Gasteiger charge is 2.46. The van der Waals surface area contributed by atoms with Gasteiger partial charge in [-0.25, -0.2) is 0 Å². The summed E-state index contributed by atoms with van der Waals surface area (Å²) in [6.45, 7) is 8.59. The van der Waals surface area contributed by atoms with Crippen LogP contribution in [0, 0.1) is 0 Å². The molecule has 4 aromatic carbocycles. The molecule has 1 nitrogen and oxygen atoms in total. The van der Waals surface area contributed by atoms with Gasteiger partial charge in [-0.05, 0) is 20.7 Å². The lowest BCUT2D eigenvalue weighted by molar-refractivity contribution is 1.41. The van der Waals surface area contributed by atoms with Crippen LogP contribution in [-0.4, -0.2) is 16.5 Å². The predicted octanol–water partition coefficient (Wildman–Crippen LogP) is 3.55. The van der Waals surface area contributed by atoms with Gasteiger partial charge in [0, 0.05) is 0 Å². The van der Waals surface area contributed by atoms with Crippen molar-refractivity contribution in [2.75, 3.05) is 0 Å². The van der Waals surface area contributed by atoms with Crippen molar-refractivity contribution in [1.82, 2.24) is 4.65 Å². The van der Waals surface area contributed by atoms with Gasteiger partial charge in [0.05, 0.1) is 0 Å². The van der Waals surface area contributed by atoms with Crippen LogP contribution < -0.4 is 25.4 Å². The molecule has 1 N–H and O–H groups in total. The maximum atomic E-state index is 4.30. The van der Waals surface area contributed by atoms with Crippen molar-refractivity contribution in [3.05, 3.63) is 146 Å². The molecular weight excluding hydrogens is 406 g/mol. The van der Waals surface area contributed by atoms with Crippen molar-refractivity contribution in [3.63, 3.8) is 0 Å². The highest BCUT2D eigenvalue weighted by molar-refractivity contribution is 7.18. The summed E-state index contributed by atoms with van der Waals surface area (Å²) >= 11 is 0. The second kappa shape index (κ2) is 9.27. The smallest absolute Gasteiger partial charge is 0.216 e. The van der Waals surface area contributed by atoms with Crippen LogP contribution in [0.1, 0.15) is 0 Å². The van der Waals surface area contributed by atoms with Crippen LogP contribution in [0.25, 0.3) is 0 Å². The Hall–Kier alpha value is -3.25. The average molecular weight is 434 g/mol. The summed E-state index contributed by atoms with van der Waals surface area (Å²) in [5.74, 6) is 0. The lowest BCUT2D eigenvalue weighted by Crippen LogP contribution is -2.83. The molecule has 4 rings (SSSR count). The third-order valence-corrected chi connectivity index (χ3v) is 15.2. The first-order valence-corrected chi connectivity index (χ1v) is 14.7. The van der Waals surface area contributed by atoms with Crippen LogP contribution in [0.2, 0.25) is 0 Å². The molecular formula is C28H27NSi2. The Labute approximate surface area is 187 Å². The van der Waals surface area contributed by atoms with E-state index in [0.717, 1.165) is 0 Å². The molecule has 152 valence electrons. The van der Waals surface area contributed by atoms with Crippen molar-refractivity contribution in [2.24, 2.45) is 0 Å². The monoisotopic (exact) mass is 433 g/mol. The number of hydrogen-bond acceptors (Lipinski definition) is 1. The van der Waals surface area contributed by atoms with E-state index in [1.807, 2.05) is 0 Å². The largest absolute Gasteiger partial charge is 0.339 e. The maximum Gasteiger partial charge on any atom is 0.216 e.